The van der Waals surface area contributed by atoms with E-state index in [4.69, 9.17) is 4.74 Å². The van der Waals surface area contributed by atoms with E-state index in [-0.39, 0.29) is 11.3 Å². The number of nitrogens with zero attached hydrogens (tertiary/aromatic N) is 2. The number of carbonyl (C=O) groups excluding carboxylic acids is 2. The quantitative estimate of drug-likeness (QED) is 0.390. The molecule has 0 radical (unpaired) electrons. The Labute approximate surface area is 180 Å². The lowest BCUT2D eigenvalue weighted by atomic mass is 9.95. The number of pyridine rings is 1. The van der Waals surface area contributed by atoms with Gasteiger partial charge in [0, 0.05) is 18.1 Å². The summed E-state index contributed by atoms with van der Waals surface area (Å²) in [6, 6.07) is 15.2. The molecule has 6 heteroatoms. The number of amides is 1. The van der Waals surface area contributed by atoms with Crippen molar-refractivity contribution in [2.24, 2.45) is 0 Å². The number of aromatic nitrogens is 1. The molecule has 1 aliphatic rings. The van der Waals surface area contributed by atoms with Crippen LogP contribution in [-0.2, 0) is 9.59 Å². The van der Waals surface area contributed by atoms with Gasteiger partial charge >= 0.3 is 0 Å². The van der Waals surface area contributed by atoms with Gasteiger partial charge in [-0.25, -0.2) is 0 Å². The van der Waals surface area contributed by atoms with Gasteiger partial charge in [0.25, 0.3) is 11.7 Å². The molecule has 3 aromatic rings. The van der Waals surface area contributed by atoms with Crippen LogP contribution in [0.25, 0.3) is 5.76 Å². The molecule has 156 valence electrons. The zero-order valence-corrected chi connectivity index (χ0v) is 17.5. The van der Waals surface area contributed by atoms with Gasteiger partial charge in [-0.3, -0.25) is 19.5 Å². The first-order valence-electron chi connectivity index (χ1n) is 9.85. The molecule has 6 nitrogen and oxygen atoms in total. The van der Waals surface area contributed by atoms with Crippen LogP contribution in [0.15, 0.2) is 72.6 Å². The molecule has 1 atom stereocenters. The number of para-hydroxylation sites is 1. The van der Waals surface area contributed by atoms with E-state index in [0.29, 0.717) is 22.6 Å². The number of carbonyl (C=O) groups is 2. The van der Waals surface area contributed by atoms with Crippen LogP contribution in [0.5, 0.6) is 5.75 Å². The van der Waals surface area contributed by atoms with Crippen molar-refractivity contribution >= 4 is 23.1 Å². The minimum atomic E-state index is -0.797. The highest BCUT2D eigenvalue weighted by Gasteiger charge is 2.47. The fourth-order valence-electron chi connectivity index (χ4n) is 4.00. The summed E-state index contributed by atoms with van der Waals surface area (Å²) < 4.78 is 5.36. The molecule has 0 spiro atoms. The van der Waals surface area contributed by atoms with E-state index in [1.165, 1.54) is 12.0 Å². The fourth-order valence-corrected chi connectivity index (χ4v) is 4.00. The molecule has 1 N–H and O–H groups in total. The van der Waals surface area contributed by atoms with E-state index >= 15 is 0 Å². The number of hydrogen-bond acceptors (Lipinski definition) is 5. The van der Waals surface area contributed by atoms with Gasteiger partial charge in [-0.1, -0.05) is 29.8 Å². The molecule has 0 aliphatic carbocycles. The van der Waals surface area contributed by atoms with Crippen LogP contribution in [0, 0.1) is 13.8 Å². The number of benzene rings is 2. The first-order chi connectivity index (χ1) is 14.9. The predicted octanol–water partition coefficient (Wildman–Crippen LogP) is 4.33. The van der Waals surface area contributed by atoms with Crippen LogP contribution in [0.1, 0.15) is 28.3 Å². The normalized spacial score (nSPS) is 17.8. The van der Waals surface area contributed by atoms with Crippen molar-refractivity contribution in [3.05, 3.63) is 94.8 Å². The van der Waals surface area contributed by atoms with Crippen molar-refractivity contribution < 1.29 is 19.4 Å². The third kappa shape index (κ3) is 3.46. The van der Waals surface area contributed by atoms with Crippen molar-refractivity contribution in [2.75, 3.05) is 12.0 Å². The number of hydrogen-bond donors (Lipinski definition) is 1. The van der Waals surface area contributed by atoms with Crippen LogP contribution in [0.3, 0.4) is 0 Å². The van der Waals surface area contributed by atoms with Crippen molar-refractivity contribution in [1.82, 2.24) is 4.98 Å². The number of ether oxygens (including phenoxy) is 1. The number of aliphatic hydroxyl groups is 1. The number of Topliss-reactive ketones (excluding diaryl/α,β-unsaturated/α-hetero) is 1. The Morgan fingerprint density at radius 2 is 1.74 bits per heavy atom. The lowest BCUT2D eigenvalue weighted by molar-refractivity contribution is -0.132. The average Bonchev–Trinajstić information content (AvgIpc) is 3.04. The van der Waals surface area contributed by atoms with E-state index in [1.54, 1.807) is 48.8 Å². The number of aryl methyl sites for hydroxylation is 2. The Morgan fingerprint density at radius 3 is 2.42 bits per heavy atom. The summed E-state index contributed by atoms with van der Waals surface area (Å²) in [4.78, 5) is 31.9. The topological polar surface area (TPSA) is 79.7 Å². The molecule has 1 saturated heterocycles. The van der Waals surface area contributed by atoms with Crippen LogP contribution in [0.2, 0.25) is 0 Å². The molecule has 4 rings (SSSR count). The average molecular weight is 414 g/mol. The highest BCUT2D eigenvalue weighted by molar-refractivity contribution is 6.51. The van der Waals surface area contributed by atoms with Gasteiger partial charge < -0.3 is 9.84 Å². The Morgan fingerprint density at radius 1 is 1.03 bits per heavy atom. The van der Waals surface area contributed by atoms with Gasteiger partial charge in [0.05, 0.1) is 24.3 Å². The van der Waals surface area contributed by atoms with Crippen molar-refractivity contribution in [2.45, 2.75) is 19.9 Å². The lowest BCUT2D eigenvalue weighted by Crippen LogP contribution is -2.30. The van der Waals surface area contributed by atoms with Crippen LogP contribution < -0.4 is 9.64 Å². The van der Waals surface area contributed by atoms with Crippen LogP contribution in [-0.4, -0.2) is 28.9 Å². The number of anilines is 1. The fraction of sp³-hybridized carbons (Fsp3) is 0.160. The molecule has 1 amide bonds. The van der Waals surface area contributed by atoms with E-state index in [2.05, 4.69) is 4.98 Å². The smallest absolute Gasteiger partial charge is 0.300 e. The summed E-state index contributed by atoms with van der Waals surface area (Å²) in [6.07, 6.45) is 3.20. The monoisotopic (exact) mass is 414 g/mol. The Balaban J connectivity index is 1.99. The van der Waals surface area contributed by atoms with Gasteiger partial charge in [-0.2, -0.15) is 0 Å². The maximum Gasteiger partial charge on any atom is 0.300 e. The second kappa shape index (κ2) is 8.07. The standard InChI is InChI=1S/C25H22N2O4/c1-15-8-9-19(16(2)14-15)27-22(17-10-12-26-13-11-17)21(24(29)25(27)30)23(28)18-6-4-5-7-20(18)31-3/h4-14,22,28H,1-3H3/b23-21+. The molecule has 1 aliphatic heterocycles. The van der Waals surface area contributed by atoms with Crippen LogP contribution in [0.4, 0.5) is 5.69 Å². The highest BCUT2D eigenvalue weighted by Crippen LogP contribution is 2.43. The lowest BCUT2D eigenvalue weighted by Gasteiger charge is -2.27. The first-order valence-corrected chi connectivity index (χ1v) is 9.85. The second-order valence-corrected chi connectivity index (χ2v) is 7.44. The third-order valence-corrected chi connectivity index (χ3v) is 5.44. The number of aliphatic hydroxyl groups excluding tert-OH is 1. The number of methoxy groups -OCH3 is 1. The molecular weight excluding hydrogens is 392 g/mol. The van der Waals surface area contributed by atoms with E-state index < -0.39 is 17.7 Å². The van der Waals surface area contributed by atoms with E-state index in [0.717, 1.165) is 11.1 Å². The minimum absolute atomic E-state index is 0.0145. The SMILES string of the molecule is COc1ccccc1/C(O)=C1\C(=O)C(=O)N(c2ccc(C)cc2C)C1c1ccncc1. The Bertz CT molecular complexity index is 1200. The summed E-state index contributed by atoms with van der Waals surface area (Å²) in [5, 5.41) is 11.2. The molecule has 1 aromatic heterocycles. The molecular formula is C25H22N2O4. The number of ketones is 1. The van der Waals surface area contributed by atoms with Gasteiger partial charge in [-0.05, 0) is 55.3 Å². The molecule has 31 heavy (non-hydrogen) atoms. The van der Waals surface area contributed by atoms with Crippen molar-refractivity contribution in [1.29, 1.82) is 0 Å². The largest absolute Gasteiger partial charge is 0.507 e. The highest BCUT2D eigenvalue weighted by atomic mass is 16.5. The zero-order chi connectivity index (χ0) is 22.1. The maximum atomic E-state index is 13.2. The van der Waals surface area contributed by atoms with Gasteiger partial charge in [0.1, 0.15) is 11.5 Å². The molecule has 0 bridgehead atoms. The number of rotatable bonds is 4. The van der Waals surface area contributed by atoms with Gasteiger partial charge in [-0.15, -0.1) is 0 Å². The third-order valence-electron chi connectivity index (χ3n) is 5.44. The zero-order valence-electron chi connectivity index (χ0n) is 17.5. The molecule has 2 heterocycles. The first kappa shape index (κ1) is 20.3. The summed E-state index contributed by atoms with van der Waals surface area (Å²) in [5.74, 6) is -1.30. The Kier molecular flexibility index (Phi) is 5.29. The summed E-state index contributed by atoms with van der Waals surface area (Å²) in [6.45, 7) is 3.86. The van der Waals surface area contributed by atoms with Gasteiger partial charge in [0.2, 0.25) is 0 Å². The van der Waals surface area contributed by atoms with Crippen molar-refractivity contribution in [3.63, 3.8) is 0 Å². The summed E-state index contributed by atoms with van der Waals surface area (Å²) in [7, 11) is 1.49. The summed E-state index contributed by atoms with van der Waals surface area (Å²) >= 11 is 0. The van der Waals surface area contributed by atoms with Crippen LogP contribution >= 0.6 is 0 Å². The van der Waals surface area contributed by atoms with Crippen molar-refractivity contribution in [3.8, 4) is 5.75 Å². The van der Waals surface area contributed by atoms with E-state index in [1.807, 2.05) is 32.0 Å². The maximum absolute atomic E-state index is 13.2. The molecule has 1 fully saturated rings. The minimum Gasteiger partial charge on any atom is -0.507 e. The second-order valence-electron chi connectivity index (χ2n) is 7.44. The molecule has 1 unspecified atom stereocenters. The Hall–Kier alpha value is -3.93. The van der Waals surface area contributed by atoms with Gasteiger partial charge in [0.15, 0.2) is 0 Å². The molecule has 2 aromatic carbocycles. The van der Waals surface area contributed by atoms with E-state index in [9.17, 15) is 14.7 Å². The summed E-state index contributed by atoms with van der Waals surface area (Å²) in [5.41, 5.74) is 3.56. The molecule has 0 saturated carbocycles. The predicted molar refractivity (Wildman–Crippen MR) is 118 cm³/mol.